The molecule has 54 nitrogen and oxygen atoms in total. The summed E-state index contributed by atoms with van der Waals surface area (Å²) >= 11 is 0. The molecule has 0 radical (unpaired) electrons. The smallest absolute Gasteiger partial charge is 0.217 e. The number of hydrogen-bond acceptors (Lipinski definition) is 50. The average molecular weight is 1790 g/mol. The van der Waals surface area contributed by atoms with Crippen LogP contribution in [0.15, 0.2) is 0 Å². The number of carbonyl (C=O) groups excluding carboxylic acids is 4. The summed E-state index contributed by atoms with van der Waals surface area (Å²) in [5, 5.41) is 312. The molecule has 0 aromatic heterocycles. The molecule has 31 N–H and O–H groups in total. The SMILES string of the molecule is CC(=O)N[C@@H]1[C@@H](O)[C@H](O[C@@H]2O[C@H](CO)[C@@H](O[C@@H]3O[C@H](CO[C@H]4O[C@H](CO[C@H]5O[C@H](CO)[C@@H](O)[C@H](O)[C@@H]5O)[C@@H](O)[C@H](O[C@H]5O[C@H](CO)[C@@H](O)[C@H](O)[C@@H]5O)[C@@H]4O)[C@@H](O)[C@H](O[C@H]4O[C@H](CO)[C@@H](O[C@@H]5O[C@H](CO)[C@@H](O)[C@H](O)[C@H]5NC(C)=O)[C@H](O)[C@@H]4O[C@@H]4O[C@H](CO)[C@@H](O)[C@H](O)[C@H]4NC(C)=O)[C@@H]3O)[C@H](O)[C@H]2NC(C)=O)[C@@H](CO[C@@H]2O[C@@H](C)[C@@H](O)[C@@H](O)[C@@H]2O)O[C@H]1O. The van der Waals surface area contributed by atoms with Crippen LogP contribution in [0.4, 0.5) is 0 Å². The lowest BCUT2D eigenvalue weighted by Gasteiger charge is -2.51. The lowest BCUT2D eigenvalue weighted by atomic mass is 9.93. The van der Waals surface area contributed by atoms with Crippen molar-refractivity contribution in [1.82, 2.24) is 21.3 Å². The molecule has 0 bridgehead atoms. The quantitative estimate of drug-likeness (QED) is 0.0306. The molecular formula is C68H114N4O50. The van der Waals surface area contributed by atoms with Crippen molar-refractivity contribution < 1.29 is 247 Å². The predicted octanol–water partition coefficient (Wildman–Crippen LogP) is -21.2. The van der Waals surface area contributed by atoms with Gasteiger partial charge in [-0.15, -0.1) is 0 Å². The van der Waals surface area contributed by atoms with Crippen molar-refractivity contribution in [3.05, 3.63) is 0 Å². The van der Waals surface area contributed by atoms with E-state index in [-0.39, 0.29) is 0 Å². The molecule has 10 fully saturated rings. The number of amides is 4. The van der Waals surface area contributed by atoms with Gasteiger partial charge in [-0.1, -0.05) is 0 Å². The maximum atomic E-state index is 13.3. The van der Waals surface area contributed by atoms with Crippen molar-refractivity contribution in [1.29, 1.82) is 0 Å². The van der Waals surface area contributed by atoms with Crippen LogP contribution in [0, 0.1) is 0 Å². The molecule has 10 saturated heterocycles. The molecule has 0 spiro atoms. The number of ether oxygens (including phenoxy) is 19. The first-order chi connectivity index (χ1) is 57.6. The summed E-state index contributed by atoms with van der Waals surface area (Å²) in [5.74, 6) is -3.69. The van der Waals surface area contributed by atoms with Gasteiger partial charge in [0.05, 0.1) is 65.6 Å². The van der Waals surface area contributed by atoms with Gasteiger partial charge >= 0.3 is 0 Å². The maximum absolute atomic E-state index is 13.3. The Bertz CT molecular complexity index is 3290. The molecule has 0 unspecified atom stereocenters. The molecule has 0 aromatic carbocycles. The van der Waals surface area contributed by atoms with Crippen molar-refractivity contribution in [3.8, 4) is 0 Å². The van der Waals surface area contributed by atoms with Gasteiger partial charge in [0.2, 0.25) is 23.6 Å². The molecule has 54 heteroatoms. The highest BCUT2D eigenvalue weighted by molar-refractivity contribution is 5.74. The van der Waals surface area contributed by atoms with Crippen LogP contribution in [-0.2, 0) is 109 Å². The first-order valence-electron chi connectivity index (χ1n) is 39.0. The van der Waals surface area contributed by atoms with E-state index in [0.29, 0.717) is 0 Å². The molecule has 50 atom stereocenters. The van der Waals surface area contributed by atoms with Gasteiger partial charge in [-0.2, -0.15) is 0 Å². The second-order valence-electron chi connectivity index (χ2n) is 31.0. The molecule has 0 aromatic rings. The lowest BCUT2D eigenvalue weighted by Crippen LogP contribution is -2.71. The van der Waals surface area contributed by atoms with Crippen molar-refractivity contribution in [2.45, 2.75) is 341 Å². The standard InChI is InChI=1S/C68H114N4O50/c1-15-33(83)44(94)47(97)63(107-15)106-14-28-55(42(92)29(59(103)108-28)69-16(2)79)118-62-32(72-19(5)82)43(93)53(24(10-77)113-62)119-67-52(102)57(39(89)27(116-67)13-105-65-51(101)56(120-66-49(99)46(96)37(87)23(9-76)112-66)38(88)26(115-65)12-104-64-48(98)45(95)36(86)22(8-75)111-64)121-68-58(122-61-31(71-18(4)81)41(91)35(85)21(7-74)110-61)50(100)54(25(11-78)114-68)117-60-30(70-17(3)80)40(90)34(84)20(6-73)109-60/h15,20-68,73-78,83-103H,6-14H2,1-5H3,(H,69,79)(H,70,80)(H,71,81)(H,72,82)/t15-,20+,21+,22+,23+,24+,25+,26+,27+,28+,29+,30+,31+,32+,33+,34+,35+,36+,37+,38+,39+,40+,41+,42+,43+,44+,45-,46-,47-,48-,49-,50-,51-,52-,53+,54+,55+,56-,57-,58-,59+,60-,61-,62-,63+,64-,65-,66+,67-,68+/m0/s1. The largest absolute Gasteiger partial charge is 0.394 e. The Balaban J connectivity index is 1.02. The fourth-order valence-electron chi connectivity index (χ4n) is 15.7. The molecule has 10 aliphatic heterocycles. The van der Waals surface area contributed by atoms with Crippen LogP contribution in [0.25, 0.3) is 0 Å². The Kier molecular flexibility index (Phi) is 35.8. The second kappa shape index (κ2) is 43.6. The predicted molar refractivity (Wildman–Crippen MR) is 375 cm³/mol. The van der Waals surface area contributed by atoms with Gasteiger partial charge in [0, 0.05) is 27.7 Å². The van der Waals surface area contributed by atoms with E-state index >= 15 is 0 Å². The molecule has 706 valence electrons. The lowest BCUT2D eigenvalue weighted by molar-refractivity contribution is -0.403. The summed E-state index contributed by atoms with van der Waals surface area (Å²) in [6.07, 6.45) is -96.5. The average Bonchev–Trinajstić information content (AvgIpc) is 0.756. The van der Waals surface area contributed by atoms with E-state index in [1.165, 1.54) is 6.92 Å². The normalized spacial score (nSPS) is 49.7. The second-order valence-corrected chi connectivity index (χ2v) is 31.0. The minimum atomic E-state index is -2.67. The fraction of sp³-hybridized carbons (Fsp3) is 0.941. The number of rotatable bonds is 31. The Morgan fingerprint density at radius 2 is 0.500 bits per heavy atom. The Morgan fingerprint density at radius 1 is 0.230 bits per heavy atom. The van der Waals surface area contributed by atoms with E-state index in [0.717, 1.165) is 27.7 Å². The van der Waals surface area contributed by atoms with Gasteiger partial charge < -0.3 is 249 Å². The first-order valence-corrected chi connectivity index (χ1v) is 39.0. The van der Waals surface area contributed by atoms with Crippen LogP contribution in [0.2, 0.25) is 0 Å². The number of aliphatic hydroxyl groups is 27. The van der Waals surface area contributed by atoms with Crippen LogP contribution in [0.3, 0.4) is 0 Å². The highest BCUT2D eigenvalue weighted by Crippen LogP contribution is 2.41. The number of hydrogen-bond donors (Lipinski definition) is 31. The van der Waals surface area contributed by atoms with Crippen LogP contribution < -0.4 is 21.3 Å². The minimum absolute atomic E-state index is 0.852. The van der Waals surface area contributed by atoms with Gasteiger partial charge in [-0.3, -0.25) is 19.2 Å². The Morgan fingerprint density at radius 3 is 0.943 bits per heavy atom. The van der Waals surface area contributed by atoms with Gasteiger partial charge in [0.25, 0.3) is 0 Å². The van der Waals surface area contributed by atoms with E-state index < -0.39 is 390 Å². The van der Waals surface area contributed by atoms with E-state index in [1.54, 1.807) is 0 Å². The number of aliphatic hydroxyl groups excluding tert-OH is 27. The fourth-order valence-corrected chi connectivity index (χ4v) is 15.7. The van der Waals surface area contributed by atoms with Crippen molar-refractivity contribution in [2.75, 3.05) is 59.5 Å². The summed E-state index contributed by atoms with van der Waals surface area (Å²) < 4.78 is 113. The van der Waals surface area contributed by atoms with Gasteiger partial charge in [0.15, 0.2) is 62.9 Å². The summed E-state index contributed by atoms with van der Waals surface area (Å²) in [6.45, 7) is -4.80. The molecule has 10 aliphatic rings. The summed E-state index contributed by atoms with van der Waals surface area (Å²) in [5.41, 5.74) is 0. The van der Waals surface area contributed by atoms with Gasteiger partial charge in [-0.05, 0) is 6.92 Å². The van der Waals surface area contributed by atoms with Crippen LogP contribution in [0.1, 0.15) is 34.6 Å². The molecule has 0 saturated carbocycles. The van der Waals surface area contributed by atoms with Gasteiger partial charge in [-0.25, -0.2) is 0 Å². The molecule has 10 rings (SSSR count). The Hall–Kier alpha value is -3.96. The van der Waals surface area contributed by atoms with Crippen molar-refractivity contribution in [3.63, 3.8) is 0 Å². The third-order valence-electron chi connectivity index (χ3n) is 22.4. The van der Waals surface area contributed by atoms with E-state index in [4.69, 9.17) is 90.0 Å². The zero-order chi connectivity index (χ0) is 89.8. The van der Waals surface area contributed by atoms with E-state index in [9.17, 15) is 157 Å². The van der Waals surface area contributed by atoms with E-state index in [1.807, 2.05) is 0 Å². The molecular weight excluding hydrogens is 1670 g/mol. The summed E-state index contributed by atoms with van der Waals surface area (Å²) in [6, 6.07) is -7.55. The maximum Gasteiger partial charge on any atom is 0.217 e. The Labute approximate surface area is 691 Å². The number of nitrogens with one attached hydrogen (secondary N) is 4. The van der Waals surface area contributed by atoms with Crippen LogP contribution in [-0.4, -0.2) is 528 Å². The molecule has 10 heterocycles. The highest BCUT2D eigenvalue weighted by Gasteiger charge is 2.62. The van der Waals surface area contributed by atoms with Crippen molar-refractivity contribution in [2.24, 2.45) is 0 Å². The minimum Gasteiger partial charge on any atom is -0.394 e. The summed E-state index contributed by atoms with van der Waals surface area (Å²) in [4.78, 5) is 51.2. The van der Waals surface area contributed by atoms with E-state index in [2.05, 4.69) is 21.3 Å². The molecule has 4 amide bonds. The monoisotopic (exact) mass is 1790 g/mol. The third-order valence-corrected chi connectivity index (χ3v) is 22.4. The van der Waals surface area contributed by atoms with Gasteiger partial charge in [0.1, 0.15) is 238 Å². The third kappa shape index (κ3) is 22.2. The topological polar surface area (TPSA) is 838 Å². The van der Waals surface area contributed by atoms with Crippen LogP contribution in [0.5, 0.6) is 0 Å². The zero-order valence-corrected chi connectivity index (χ0v) is 65.7. The number of carbonyl (C=O) groups is 4. The van der Waals surface area contributed by atoms with Crippen molar-refractivity contribution >= 4 is 23.6 Å². The zero-order valence-electron chi connectivity index (χ0n) is 65.7. The highest BCUT2D eigenvalue weighted by atomic mass is 16.8. The van der Waals surface area contributed by atoms with Crippen LogP contribution >= 0.6 is 0 Å². The first kappa shape index (κ1) is 100. The molecule has 122 heavy (non-hydrogen) atoms. The summed E-state index contributed by atoms with van der Waals surface area (Å²) in [7, 11) is 0. The molecule has 0 aliphatic carbocycles.